The van der Waals surface area contributed by atoms with Crippen molar-refractivity contribution in [1.82, 2.24) is 5.32 Å². The van der Waals surface area contributed by atoms with Gasteiger partial charge < -0.3 is 14.8 Å². The third kappa shape index (κ3) is 5.04. The average Bonchev–Trinajstić information content (AvgIpc) is 2.44. The van der Waals surface area contributed by atoms with E-state index in [1.807, 2.05) is 31.2 Å². The first-order valence-electron chi connectivity index (χ1n) is 6.30. The SMILES string of the molecule is C/C=C/CCNC(=O)Cc1ccc(OC)cc1OC. The number of hydrogen-bond acceptors (Lipinski definition) is 3. The number of methoxy groups -OCH3 is 2. The summed E-state index contributed by atoms with van der Waals surface area (Å²) in [6.45, 7) is 2.62. The molecule has 1 aromatic rings. The predicted molar refractivity (Wildman–Crippen MR) is 75.7 cm³/mol. The van der Waals surface area contributed by atoms with Gasteiger partial charge in [0.1, 0.15) is 11.5 Å². The second-order valence-corrected chi connectivity index (χ2v) is 4.06. The Balaban J connectivity index is 2.58. The van der Waals surface area contributed by atoms with Crippen LogP contribution in [-0.2, 0) is 11.2 Å². The lowest BCUT2D eigenvalue weighted by atomic mass is 10.1. The molecule has 0 saturated carbocycles. The minimum absolute atomic E-state index is 0.00651. The molecule has 0 aliphatic rings. The minimum Gasteiger partial charge on any atom is -0.497 e. The zero-order chi connectivity index (χ0) is 14.1. The Morgan fingerprint density at radius 3 is 2.74 bits per heavy atom. The summed E-state index contributed by atoms with van der Waals surface area (Å²) in [6, 6.07) is 5.45. The summed E-state index contributed by atoms with van der Waals surface area (Å²) in [5, 5.41) is 2.87. The van der Waals surface area contributed by atoms with E-state index in [-0.39, 0.29) is 5.91 Å². The number of benzene rings is 1. The Morgan fingerprint density at radius 1 is 1.32 bits per heavy atom. The monoisotopic (exact) mass is 263 g/mol. The first-order valence-corrected chi connectivity index (χ1v) is 6.30. The van der Waals surface area contributed by atoms with Gasteiger partial charge in [0.25, 0.3) is 0 Å². The largest absolute Gasteiger partial charge is 0.497 e. The molecule has 4 heteroatoms. The minimum atomic E-state index is -0.00651. The fourth-order valence-corrected chi connectivity index (χ4v) is 1.69. The highest BCUT2D eigenvalue weighted by atomic mass is 16.5. The van der Waals surface area contributed by atoms with Crippen molar-refractivity contribution in [1.29, 1.82) is 0 Å². The fourth-order valence-electron chi connectivity index (χ4n) is 1.69. The Hall–Kier alpha value is -1.97. The van der Waals surface area contributed by atoms with E-state index in [0.717, 1.165) is 12.0 Å². The summed E-state index contributed by atoms with van der Waals surface area (Å²) in [5.74, 6) is 1.38. The quantitative estimate of drug-likeness (QED) is 0.606. The predicted octanol–water partition coefficient (Wildman–Crippen LogP) is 2.33. The van der Waals surface area contributed by atoms with Gasteiger partial charge in [0, 0.05) is 18.2 Å². The molecule has 104 valence electrons. The Bertz CT molecular complexity index is 441. The van der Waals surface area contributed by atoms with Crippen molar-refractivity contribution in [3.05, 3.63) is 35.9 Å². The number of rotatable bonds is 7. The Morgan fingerprint density at radius 2 is 2.11 bits per heavy atom. The van der Waals surface area contributed by atoms with Crippen molar-refractivity contribution in [2.45, 2.75) is 19.8 Å². The molecule has 0 fully saturated rings. The number of carbonyl (C=O) groups is 1. The molecule has 0 spiro atoms. The highest BCUT2D eigenvalue weighted by molar-refractivity contribution is 5.79. The van der Waals surface area contributed by atoms with Gasteiger partial charge in [-0.2, -0.15) is 0 Å². The maximum absolute atomic E-state index is 11.8. The topological polar surface area (TPSA) is 47.6 Å². The van der Waals surface area contributed by atoms with Crippen LogP contribution in [0.1, 0.15) is 18.9 Å². The summed E-state index contributed by atoms with van der Waals surface area (Å²) in [7, 11) is 3.19. The van der Waals surface area contributed by atoms with E-state index in [2.05, 4.69) is 5.32 Å². The van der Waals surface area contributed by atoms with E-state index in [1.54, 1.807) is 20.3 Å². The van der Waals surface area contributed by atoms with Crippen LogP contribution in [0.5, 0.6) is 11.5 Å². The highest BCUT2D eigenvalue weighted by Crippen LogP contribution is 2.24. The molecular weight excluding hydrogens is 242 g/mol. The van der Waals surface area contributed by atoms with Crippen molar-refractivity contribution < 1.29 is 14.3 Å². The van der Waals surface area contributed by atoms with Crippen LogP contribution < -0.4 is 14.8 Å². The van der Waals surface area contributed by atoms with E-state index in [4.69, 9.17) is 9.47 Å². The molecular formula is C15H21NO3. The third-order valence-electron chi connectivity index (χ3n) is 2.71. The molecule has 19 heavy (non-hydrogen) atoms. The van der Waals surface area contributed by atoms with Gasteiger partial charge in [-0.25, -0.2) is 0 Å². The molecule has 0 aliphatic carbocycles. The van der Waals surface area contributed by atoms with Gasteiger partial charge in [-0.05, 0) is 19.4 Å². The van der Waals surface area contributed by atoms with Crippen LogP contribution in [0, 0.1) is 0 Å². The van der Waals surface area contributed by atoms with Crippen molar-refractivity contribution in [2.24, 2.45) is 0 Å². The number of carbonyl (C=O) groups excluding carboxylic acids is 1. The van der Waals surface area contributed by atoms with Crippen molar-refractivity contribution in [3.63, 3.8) is 0 Å². The summed E-state index contributed by atoms with van der Waals surface area (Å²) in [6.07, 6.45) is 5.15. The van der Waals surface area contributed by atoms with Crippen LogP contribution in [0.2, 0.25) is 0 Å². The first kappa shape index (κ1) is 15.1. The van der Waals surface area contributed by atoms with E-state index >= 15 is 0 Å². The summed E-state index contributed by atoms with van der Waals surface area (Å²) in [4.78, 5) is 11.8. The lowest BCUT2D eigenvalue weighted by molar-refractivity contribution is -0.120. The molecule has 0 unspecified atom stereocenters. The average molecular weight is 263 g/mol. The van der Waals surface area contributed by atoms with Gasteiger partial charge in [0.15, 0.2) is 0 Å². The molecule has 1 aromatic carbocycles. The van der Waals surface area contributed by atoms with Gasteiger partial charge in [0.2, 0.25) is 5.91 Å². The summed E-state index contributed by atoms with van der Waals surface area (Å²) < 4.78 is 10.4. The van der Waals surface area contributed by atoms with Gasteiger partial charge in [-0.3, -0.25) is 4.79 Å². The Kier molecular flexibility index (Phi) is 6.50. The molecule has 0 aliphatic heterocycles. The molecule has 1 N–H and O–H groups in total. The smallest absolute Gasteiger partial charge is 0.224 e. The van der Waals surface area contributed by atoms with Gasteiger partial charge in [0.05, 0.1) is 20.6 Å². The summed E-state index contributed by atoms with van der Waals surface area (Å²) >= 11 is 0. The summed E-state index contributed by atoms with van der Waals surface area (Å²) in [5.41, 5.74) is 0.854. The molecule has 0 aromatic heterocycles. The van der Waals surface area contributed by atoms with E-state index < -0.39 is 0 Å². The first-order chi connectivity index (χ1) is 9.21. The molecule has 0 heterocycles. The molecule has 4 nitrogen and oxygen atoms in total. The molecule has 0 radical (unpaired) electrons. The maximum atomic E-state index is 11.8. The van der Waals surface area contributed by atoms with E-state index in [0.29, 0.717) is 24.5 Å². The lowest BCUT2D eigenvalue weighted by Gasteiger charge is -2.10. The van der Waals surface area contributed by atoms with Gasteiger partial charge >= 0.3 is 0 Å². The normalized spacial score (nSPS) is 10.5. The lowest BCUT2D eigenvalue weighted by Crippen LogP contribution is -2.25. The second kappa shape index (κ2) is 8.19. The van der Waals surface area contributed by atoms with Crippen LogP contribution in [-0.4, -0.2) is 26.7 Å². The number of allylic oxidation sites excluding steroid dienone is 1. The van der Waals surface area contributed by atoms with Crippen LogP contribution in [0.25, 0.3) is 0 Å². The van der Waals surface area contributed by atoms with Crippen molar-refractivity contribution in [3.8, 4) is 11.5 Å². The third-order valence-corrected chi connectivity index (χ3v) is 2.71. The van der Waals surface area contributed by atoms with Crippen LogP contribution in [0.15, 0.2) is 30.4 Å². The number of hydrogen-bond donors (Lipinski definition) is 1. The number of ether oxygens (including phenoxy) is 2. The molecule has 1 amide bonds. The van der Waals surface area contributed by atoms with Gasteiger partial charge in [-0.15, -0.1) is 0 Å². The standard InChI is InChI=1S/C15H21NO3/c1-4-5-6-9-16-15(17)10-12-7-8-13(18-2)11-14(12)19-3/h4-5,7-8,11H,6,9-10H2,1-3H3,(H,16,17)/b5-4+. The van der Waals surface area contributed by atoms with E-state index in [9.17, 15) is 4.79 Å². The van der Waals surface area contributed by atoms with Crippen LogP contribution >= 0.6 is 0 Å². The molecule has 0 saturated heterocycles. The van der Waals surface area contributed by atoms with Crippen molar-refractivity contribution in [2.75, 3.05) is 20.8 Å². The van der Waals surface area contributed by atoms with Crippen LogP contribution in [0.4, 0.5) is 0 Å². The number of nitrogens with one attached hydrogen (secondary N) is 1. The fraction of sp³-hybridized carbons (Fsp3) is 0.400. The maximum Gasteiger partial charge on any atom is 0.224 e. The molecule has 1 rings (SSSR count). The van der Waals surface area contributed by atoms with E-state index in [1.165, 1.54) is 0 Å². The molecule has 0 atom stereocenters. The van der Waals surface area contributed by atoms with Crippen LogP contribution in [0.3, 0.4) is 0 Å². The van der Waals surface area contributed by atoms with Crippen molar-refractivity contribution >= 4 is 5.91 Å². The zero-order valence-corrected chi connectivity index (χ0v) is 11.7. The van der Waals surface area contributed by atoms with Gasteiger partial charge in [-0.1, -0.05) is 18.2 Å². The highest BCUT2D eigenvalue weighted by Gasteiger charge is 2.09. The Labute approximate surface area is 114 Å². The zero-order valence-electron chi connectivity index (χ0n) is 11.7. The number of amides is 1. The molecule has 0 bridgehead atoms. The second-order valence-electron chi connectivity index (χ2n) is 4.06.